The molecule has 1 saturated carbocycles. The van der Waals surface area contributed by atoms with Crippen LogP contribution < -0.4 is 5.32 Å². The van der Waals surface area contributed by atoms with Gasteiger partial charge in [-0.3, -0.25) is 0 Å². The lowest BCUT2D eigenvalue weighted by Crippen LogP contribution is -2.48. The van der Waals surface area contributed by atoms with Crippen LogP contribution in [-0.2, 0) is 22.7 Å². The standard InChI is InChI=1S/C20H23NO4/c22-13-18(21-19(23)24-14-16-7-3-1-4-8-16)20(11-12-20)25-15-17-9-5-2-6-10-17/h1-10,18,22H,11-15H2,(H,21,23)/t18-/m1/s1. The van der Waals surface area contributed by atoms with E-state index in [4.69, 9.17) is 9.47 Å². The predicted octanol–water partition coefficient (Wildman–Crippen LogP) is 3.02. The Hall–Kier alpha value is -2.37. The molecule has 1 aliphatic rings. The van der Waals surface area contributed by atoms with E-state index in [9.17, 15) is 9.90 Å². The number of nitrogens with one attached hydrogen (secondary N) is 1. The third-order valence-electron chi connectivity index (χ3n) is 4.43. The van der Waals surface area contributed by atoms with Crippen LogP contribution in [0.1, 0.15) is 24.0 Å². The van der Waals surface area contributed by atoms with Crippen molar-refractivity contribution in [3.63, 3.8) is 0 Å². The lowest BCUT2D eigenvalue weighted by Gasteiger charge is -2.26. The van der Waals surface area contributed by atoms with Gasteiger partial charge in [-0.05, 0) is 24.0 Å². The summed E-state index contributed by atoms with van der Waals surface area (Å²) in [4.78, 5) is 12.0. The van der Waals surface area contributed by atoms with Gasteiger partial charge in [-0.25, -0.2) is 4.79 Å². The number of amides is 1. The number of aliphatic hydroxyl groups is 1. The molecular formula is C20H23NO4. The monoisotopic (exact) mass is 341 g/mol. The molecule has 0 unspecified atom stereocenters. The zero-order valence-corrected chi connectivity index (χ0v) is 14.1. The Kier molecular flexibility index (Phi) is 5.68. The Morgan fingerprint density at radius 1 is 1.00 bits per heavy atom. The highest BCUT2D eigenvalue weighted by atomic mass is 16.6. The zero-order chi connectivity index (χ0) is 17.5. The lowest BCUT2D eigenvalue weighted by molar-refractivity contribution is -0.0203. The first kappa shape index (κ1) is 17.5. The van der Waals surface area contributed by atoms with Crippen LogP contribution in [0.3, 0.4) is 0 Å². The van der Waals surface area contributed by atoms with Gasteiger partial charge < -0.3 is 19.9 Å². The SMILES string of the molecule is O=C(N[C@H](CO)C1(OCc2ccccc2)CC1)OCc1ccccc1. The van der Waals surface area contributed by atoms with Crippen LogP contribution in [0, 0.1) is 0 Å². The maximum absolute atomic E-state index is 12.0. The van der Waals surface area contributed by atoms with Crippen molar-refractivity contribution in [3.8, 4) is 0 Å². The van der Waals surface area contributed by atoms with E-state index in [2.05, 4.69) is 5.32 Å². The second kappa shape index (κ2) is 8.14. The van der Waals surface area contributed by atoms with Crippen LogP contribution in [-0.4, -0.2) is 29.4 Å². The maximum Gasteiger partial charge on any atom is 0.407 e. The van der Waals surface area contributed by atoms with E-state index < -0.39 is 17.7 Å². The van der Waals surface area contributed by atoms with Crippen molar-refractivity contribution < 1.29 is 19.4 Å². The molecule has 1 fully saturated rings. The van der Waals surface area contributed by atoms with Crippen molar-refractivity contribution in [1.82, 2.24) is 5.32 Å². The van der Waals surface area contributed by atoms with Gasteiger partial charge in [-0.2, -0.15) is 0 Å². The normalized spacial score (nSPS) is 16.0. The summed E-state index contributed by atoms with van der Waals surface area (Å²) in [6.07, 6.45) is 1.08. The first-order chi connectivity index (χ1) is 12.2. The fourth-order valence-corrected chi connectivity index (χ4v) is 2.77. The van der Waals surface area contributed by atoms with Crippen LogP contribution in [0.4, 0.5) is 4.79 Å². The number of alkyl carbamates (subject to hydrolysis) is 1. The minimum absolute atomic E-state index is 0.185. The van der Waals surface area contributed by atoms with Crippen molar-refractivity contribution >= 4 is 6.09 Å². The molecule has 0 radical (unpaired) electrons. The van der Waals surface area contributed by atoms with Gasteiger partial charge in [0.05, 0.1) is 24.9 Å². The summed E-state index contributed by atoms with van der Waals surface area (Å²) < 4.78 is 11.2. The van der Waals surface area contributed by atoms with E-state index in [1.54, 1.807) is 0 Å². The number of ether oxygens (including phenoxy) is 2. The van der Waals surface area contributed by atoms with Crippen LogP contribution in [0.15, 0.2) is 60.7 Å². The number of hydrogen-bond donors (Lipinski definition) is 2. The second-order valence-electron chi connectivity index (χ2n) is 6.28. The van der Waals surface area contributed by atoms with Gasteiger partial charge in [0, 0.05) is 0 Å². The Balaban J connectivity index is 1.50. The second-order valence-corrected chi connectivity index (χ2v) is 6.28. The molecule has 0 spiro atoms. The van der Waals surface area contributed by atoms with E-state index in [1.165, 1.54) is 0 Å². The number of benzene rings is 2. The van der Waals surface area contributed by atoms with E-state index >= 15 is 0 Å². The van der Waals surface area contributed by atoms with Crippen LogP contribution in [0.25, 0.3) is 0 Å². The minimum atomic E-state index is -0.544. The average molecular weight is 341 g/mol. The summed E-state index contributed by atoms with van der Waals surface area (Å²) >= 11 is 0. The molecular weight excluding hydrogens is 318 g/mol. The van der Waals surface area contributed by atoms with Gasteiger partial charge >= 0.3 is 6.09 Å². The number of hydrogen-bond acceptors (Lipinski definition) is 4. The van der Waals surface area contributed by atoms with Crippen molar-refractivity contribution in [3.05, 3.63) is 71.8 Å². The van der Waals surface area contributed by atoms with Crippen LogP contribution in [0.5, 0.6) is 0 Å². The fourth-order valence-electron chi connectivity index (χ4n) is 2.77. The van der Waals surface area contributed by atoms with E-state index in [-0.39, 0.29) is 13.2 Å². The summed E-state index contributed by atoms with van der Waals surface area (Å²) in [6, 6.07) is 18.9. The van der Waals surface area contributed by atoms with E-state index in [0.29, 0.717) is 6.61 Å². The van der Waals surface area contributed by atoms with Crippen LogP contribution >= 0.6 is 0 Å². The number of carbonyl (C=O) groups excluding carboxylic acids is 1. The maximum atomic E-state index is 12.0. The summed E-state index contributed by atoms with van der Waals surface area (Å²) in [6.45, 7) is 0.468. The largest absolute Gasteiger partial charge is 0.445 e. The smallest absolute Gasteiger partial charge is 0.407 e. The van der Waals surface area contributed by atoms with Crippen LogP contribution in [0.2, 0.25) is 0 Å². The third-order valence-corrected chi connectivity index (χ3v) is 4.43. The highest BCUT2D eigenvalue weighted by molar-refractivity contribution is 5.68. The Morgan fingerprint density at radius 3 is 2.08 bits per heavy atom. The third kappa shape index (κ3) is 4.81. The summed E-state index contributed by atoms with van der Waals surface area (Å²) in [5.41, 5.74) is 1.48. The molecule has 3 rings (SSSR count). The topological polar surface area (TPSA) is 67.8 Å². The van der Waals surface area contributed by atoms with Gasteiger partial charge in [-0.1, -0.05) is 60.7 Å². The molecule has 2 aromatic carbocycles. The van der Waals surface area contributed by atoms with E-state index in [0.717, 1.165) is 24.0 Å². The van der Waals surface area contributed by atoms with Gasteiger partial charge in [0.2, 0.25) is 0 Å². The van der Waals surface area contributed by atoms with Gasteiger partial charge in [0.25, 0.3) is 0 Å². The zero-order valence-electron chi connectivity index (χ0n) is 14.1. The molecule has 1 aliphatic carbocycles. The highest BCUT2D eigenvalue weighted by Gasteiger charge is 2.51. The Morgan fingerprint density at radius 2 is 1.56 bits per heavy atom. The quantitative estimate of drug-likeness (QED) is 0.774. The van der Waals surface area contributed by atoms with Gasteiger partial charge in [-0.15, -0.1) is 0 Å². The molecule has 0 bridgehead atoms. The number of rotatable bonds is 8. The molecule has 2 aromatic rings. The first-order valence-electron chi connectivity index (χ1n) is 8.48. The fraction of sp³-hybridized carbons (Fsp3) is 0.350. The molecule has 132 valence electrons. The van der Waals surface area contributed by atoms with Crippen molar-refractivity contribution in [2.75, 3.05) is 6.61 Å². The van der Waals surface area contributed by atoms with Gasteiger partial charge in [0.1, 0.15) is 6.61 Å². The number of aliphatic hydroxyl groups excluding tert-OH is 1. The number of carbonyl (C=O) groups is 1. The molecule has 1 amide bonds. The molecule has 0 aromatic heterocycles. The lowest BCUT2D eigenvalue weighted by atomic mass is 10.1. The molecule has 1 atom stereocenters. The molecule has 0 heterocycles. The molecule has 5 heteroatoms. The van der Waals surface area contributed by atoms with E-state index in [1.807, 2.05) is 60.7 Å². The van der Waals surface area contributed by atoms with Crippen molar-refractivity contribution in [2.24, 2.45) is 0 Å². The summed E-state index contributed by atoms with van der Waals surface area (Å²) in [5, 5.41) is 12.4. The molecule has 2 N–H and O–H groups in total. The minimum Gasteiger partial charge on any atom is -0.445 e. The van der Waals surface area contributed by atoms with Crippen molar-refractivity contribution in [2.45, 2.75) is 37.7 Å². The molecule has 25 heavy (non-hydrogen) atoms. The van der Waals surface area contributed by atoms with Crippen molar-refractivity contribution in [1.29, 1.82) is 0 Å². The average Bonchev–Trinajstić information content (AvgIpc) is 3.45. The molecule has 5 nitrogen and oxygen atoms in total. The van der Waals surface area contributed by atoms with Gasteiger partial charge in [0.15, 0.2) is 0 Å². The Bertz CT molecular complexity index is 671. The highest BCUT2D eigenvalue weighted by Crippen LogP contribution is 2.43. The molecule has 0 saturated heterocycles. The summed E-state index contributed by atoms with van der Waals surface area (Å²) in [5.74, 6) is 0. The Labute approximate surface area is 147 Å². The summed E-state index contributed by atoms with van der Waals surface area (Å²) in [7, 11) is 0. The first-order valence-corrected chi connectivity index (χ1v) is 8.48. The predicted molar refractivity (Wildman–Crippen MR) is 93.8 cm³/mol. The molecule has 0 aliphatic heterocycles.